The van der Waals surface area contributed by atoms with E-state index < -0.39 is 10.0 Å². The maximum atomic E-state index is 12.1. The molecule has 0 radical (unpaired) electrons. The molecule has 5 nitrogen and oxygen atoms in total. The van der Waals surface area contributed by atoms with Crippen LogP contribution in [0.2, 0.25) is 0 Å². The molecule has 2 rings (SSSR count). The van der Waals surface area contributed by atoms with Crippen LogP contribution in [0.1, 0.15) is 25.7 Å². The van der Waals surface area contributed by atoms with Crippen molar-refractivity contribution in [1.29, 1.82) is 0 Å². The van der Waals surface area contributed by atoms with Gasteiger partial charge >= 0.3 is 0 Å². The number of rotatable bonds is 5. The quantitative estimate of drug-likeness (QED) is 0.859. The van der Waals surface area contributed by atoms with Crippen molar-refractivity contribution >= 4 is 37.5 Å². The van der Waals surface area contributed by atoms with Gasteiger partial charge in [0, 0.05) is 10.5 Å². The van der Waals surface area contributed by atoms with Gasteiger partial charge in [-0.15, -0.1) is 0 Å². The molecule has 116 valence electrons. The van der Waals surface area contributed by atoms with Gasteiger partial charge in [0.25, 0.3) is 0 Å². The fraction of sp³-hybridized carbons (Fsp3) is 0.500. The summed E-state index contributed by atoms with van der Waals surface area (Å²) in [5.41, 5.74) is 0.480. The second kappa shape index (κ2) is 6.79. The van der Waals surface area contributed by atoms with Crippen molar-refractivity contribution in [3.05, 3.63) is 28.7 Å². The smallest absolute Gasteiger partial charge is 0.240 e. The molecule has 0 aromatic heterocycles. The molecule has 1 aromatic carbocycles. The SMILES string of the molecule is CS(=O)(=O)N(CC(=O)NC1CCCC1)c1cccc(Br)c1. The fourth-order valence-corrected chi connectivity index (χ4v) is 3.74. The summed E-state index contributed by atoms with van der Waals surface area (Å²) < 4.78 is 25.8. The van der Waals surface area contributed by atoms with Crippen molar-refractivity contribution in [3.8, 4) is 0 Å². The summed E-state index contributed by atoms with van der Waals surface area (Å²) in [4.78, 5) is 12.1. The van der Waals surface area contributed by atoms with Crippen LogP contribution >= 0.6 is 15.9 Å². The molecule has 0 saturated heterocycles. The van der Waals surface area contributed by atoms with Gasteiger partial charge in [-0.25, -0.2) is 8.42 Å². The molecule has 1 fully saturated rings. The number of hydrogen-bond donors (Lipinski definition) is 1. The van der Waals surface area contributed by atoms with Gasteiger partial charge in [-0.05, 0) is 31.0 Å². The van der Waals surface area contributed by atoms with Gasteiger partial charge in [0.15, 0.2) is 0 Å². The largest absolute Gasteiger partial charge is 0.352 e. The van der Waals surface area contributed by atoms with E-state index in [1.54, 1.807) is 18.2 Å². The Hall–Kier alpha value is -1.08. The van der Waals surface area contributed by atoms with E-state index in [9.17, 15) is 13.2 Å². The number of hydrogen-bond acceptors (Lipinski definition) is 3. The van der Waals surface area contributed by atoms with E-state index in [0.717, 1.165) is 40.7 Å². The van der Waals surface area contributed by atoms with Crippen LogP contribution in [0.25, 0.3) is 0 Å². The van der Waals surface area contributed by atoms with Gasteiger partial charge < -0.3 is 5.32 Å². The highest BCUT2D eigenvalue weighted by atomic mass is 79.9. The van der Waals surface area contributed by atoms with E-state index >= 15 is 0 Å². The first-order chi connectivity index (χ1) is 9.86. The zero-order valence-corrected chi connectivity index (χ0v) is 14.3. The third-order valence-electron chi connectivity index (χ3n) is 3.50. The molecule has 1 aromatic rings. The molecule has 21 heavy (non-hydrogen) atoms. The third kappa shape index (κ3) is 4.71. The van der Waals surface area contributed by atoms with Crippen LogP contribution in [0.15, 0.2) is 28.7 Å². The van der Waals surface area contributed by atoms with Crippen LogP contribution in [0.5, 0.6) is 0 Å². The van der Waals surface area contributed by atoms with Crippen LogP contribution in [-0.2, 0) is 14.8 Å². The Bertz CT molecular complexity index is 612. The van der Waals surface area contributed by atoms with Gasteiger partial charge in [-0.3, -0.25) is 9.10 Å². The summed E-state index contributed by atoms with van der Waals surface area (Å²) >= 11 is 3.31. The molecule has 0 unspecified atom stereocenters. The first kappa shape index (κ1) is 16.3. The van der Waals surface area contributed by atoms with Crippen LogP contribution in [0, 0.1) is 0 Å². The lowest BCUT2D eigenvalue weighted by Crippen LogP contribution is -2.43. The number of amides is 1. The first-order valence-electron chi connectivity index (χ1n) is 6.89. The Morgan fingerprint density at radius 1 is 1.38 bits per heavy atom. The second-order valence-electron chi connectivity index (χ2n) is 5.30. The summed E-state index contributed by atoms with van der Waals surface area (Å²) in [6, 6.07) is 7.09. The maximum absolute atomic E-state index is 12.1. The van der Waals surface area contributed by atoms with Gasteiger partial charge in [0.05, 0.1) is 11.9 Å². The predicted molar refractivity (Wildman–Crippen MR) is 86.7 cm³/mol. The fourth-order valence-electron chi connectivity index (χ4n) is 2.51. The summed E-state index contributed by atoms with van der Waals surface area (Å²) in [5.74, 6) is -0.257. The molecule has 0 heterocycles. The molecule has 1 aliphatic rings. The number of nitrogens with one attached hydrogen (secondary N) is 1. The summed E-state index contributed by atoms with van der Waals surface area (Å²) in [7, 11) is -3.51. The Morgan fingerprint density at radius 2 is 2.05 bits per heavy atom. The molecule has 1 amide bonds. The number of carbonyl (C=O) groups excluding carboxylic acids is 1. The van der Waals surface area contributed by atoms with Crippen LogP contribution in [0.4, 0.5) is 5.69 Å². The summed E-state index contributed by atoms with van der Waals surface area (Å²) in [6.07, 6.45) is 5.29. The van der Waals surface area contributed by atoms with E-state index in [-0.39, 0.29) is 18.5 Å². The number of halogens is 1. The van der Waals surface area contributed by atoms with Crippen molar-refractivity contribution in [1.82, 2.24) is 5.32 Å². The second-order valence-corrected chi connectivity index (χ2v) is 8.12. The minimum Gasteiger partial charge on any atom is -0.352 e. The zero-order valence-electron chi connectivity index (χ0n) is 11.9. The van der Waals surface area contributed by atoms with E-state index in [1.165, 1.54) is 0 Å². The lowest BCUT2D eigenvalue weighted by atomic mass is 10.2. The van der Waals surface area contributed by atoms with Crippen molar-refractivity contribution in [3.63, 3.8) is 0 Å². The molecular formula is C14H19BrN2O3S. The van der Waals surface area contributed by atoms with Crippen LogP contribution in [-0.4, -0.2) is 33.2 Å². The first-order valence-corrected chi connectivity index (χ1v) is 9.53. The average Bonchev–Trinajstić information content (AvgIpc) is 2.87. The highest BCUT2D eigenvalue weighted by Crippen LogP contribution is 2.22. The third-order valence-corrected chi connectivity index (χ3v) is 5.14. The summed E-state index contributed by atoms with van der Waals surface area (Å²) in [5, 5.41) is 2.91. The normalized spacial score (nSPS) is 15.9. The molecule has 0 aliphatic heterocycles. The highest BCUT2D eigenvalue weighted by molar-refractivity contribution is 9.10. The Labute approximate surface area is 133 Å². The topological polar surface area (TPSA) is 66.5 Å². The Kier molecular flexibility index (Phi) is 5.27. The van der Waals surface area contributed by atoms with E-state index in [2.05, 4.69) is 21.2 Å². The molecule has 0 spiro atoms. The van der Waals surface area contributed by atoms with Gasteiger partial charge in [0.1, 0.15) is 6.54 Å². The number of sulfonamides is 1. The van der Waals surface area contributed by atoms with E-state index in [4.69, 9.17) is 0 Å². The lowest BCUT2D eigenvalue weighted by molar-refractivity contribution is -0.120. The molecule has 1 aliphatic carbocycles. The zero-order chi connectivity index (χ0) is 15.5. The van der Waals surface area contributed by atoms with Gasteiger partial charge in [-0.2, -0.15) is 0 Å². The average molecular weight is 375 g/mol. The van der Waals surface area contributed by atoms with Crippen molar-refractivity contribution in [2.75, 3.05) is 17.1 Å². The van der Waals surface area contributed by atoms with Crippen molar-refractivity contribution < 1.29 is 13.2 Å². The van der Waals surface area contributed by atoms with Crippen LogP contribution in [0.3, 0.4) is 0 Å². The van der Waals surface area contributed by atoms with E-state index in [1.807, 2.05) is 6.07 Å². The Balaban J connectivity index is 2.12. The standard InChI is InChI=1S/C14H19BrN2O3S/c1-21(19,20)17(13-8-4-5-11(15)9-13)10-14(18)16-12-6-2-3-7-12/h4-5,8-9,12H,2-3,6-7,10H2,1H3,(H,16,18). The predicted octanol–water partition coefficient (Wildman–Crippen LogP) is 2.27. The maximum Gasteiger partial charge on any atom is 0.240 e. The molecule has 0 bridgehead atoms. The van der Waals surface area contributed by atoms with E-state index in [0.29, 0.717) is 5.69 Å². The van der Waals surface area contributed by atoms with Gasteiger partial charge in [0.2, 0.25) is 15.9 Å². The van der Waals surface area contributed by atoms with Crippen molar-refractivity contribution in [2.45, 2.75) is 31.7 Å². The number of nitrogens with zero attached hydrogens (tertiary/aromatic N) is 1. The minimum atomic E-state index is -3.51. The number of anilines is 1. The minimum absolute atomic E-state index is 0.182. The molecule has 0 atom stereocenters. The number of carbonyl (C=O) groups is 1. The van der Waals surface area contributed by atoms with Crippen molar-refractivity contribution in [2.24, 2.45) is 0 Å². The highest BCUT2D eigenvalue weighted by Gasteiger charge is 2.23. The lowest BCUT2D eigenvalue weighted by Gasteiger charge is -2.23. The molecule has 1 N–H and O–H groups in total. The van der Waals surface area contributed by atoms with Crippen LogP contribution < -0.4 is 9.62 Å². The summed E-state index contributed by atoms with van der Waals surface area (Å²) in [6.45, 7) is -0.189. The molecule has 1 saturated carbocycles. The Morgan fingerprint density at radius 3 is 2.62 bits per heavy atom. The monoisotopic (exact) mass is 374 g/mol. The molecule has 7 heteroatoms. The molecular weight excluding hydrogens is 356 g/mol. The van der Waals surface area contributed by atoms with Gasteiger partial charge in [-0.1, -0.05) is 34.8 Å². The number of benzene rings is 1.